The zero-order valence-electron chi connectivity index (χ0n) is 14.2. The normalized spacial score (nSPS) is 15.3. The van der Waals surface area contributed by atoms with Crippen LogP contribution in [0.15, 0.2) is 54.6 Å². The number of carbonyl (C=O) groups is 1. The van der Waals surface area contributed by atoms with Crippen LogP contribution in [0.5, 0.6) is 0 Å². The minimum Gasteiger partial charge on any atom is -0.339 e. The van der Waals surface area contributed by atoms with Gasteiger partial charge >= 0.3 is 0 Å². The minimum atomic E-state index is 0.248. The zero-order valence-corrected chi connectivity index (χ0v) is 15.8. The van der Waals surface area contributed by atoms with Gasteiger partial charge in [-0.15, -0.1) is 11.8 Å². The largest absolute Gasteiger partial charge is 0.339 e. The van der Waals surface area contributed by atoms with Crippen molar-refractivity contribution in [3.05, 3.63) is 70.7 Å². The van der Waals surface area contributed by atoms with Gasteiger partial charge in [-0.3, -0.25) is 9.69 Å². The van der Waals surface area contributed by atoms with Gasteiger partial charge in [-0.25, -0.2) is 0 Å². The van der Waals surface area contributed by atoms with Crippen LogP contribution >= 0.6 is 23.4 Å². The average Bonchev–Trinajstić information content (AvgIpc) is 2.65. The Labute approximate surface area is 159 Å². The Kier molecular flexibility index (Phi) is 6.79. The van der Waals surface area contributed by atoms with E-state index in [1.807, 2.05) is 35.2 Å². The number of carbonyl (C=O) groups excluding carboxylic acids is 1. The number of piperazine rings is 1. The predicted molar refractivity (Wildman–Crippen MR) is 106 cm³/mol. The molecule has 0 unspecified atom stereocenters. The molecule has 1 aliphatic rings. The molecule has 132 valence electrons. The summed E-state index contributed by atoms with van der Waals surface area (Å²) in [6, 6.07) is 18.3. The van der Waals surface area contributed by atoms with Crippen LogP contribution < -0.4 is 0 Å². The summed E-state index contributed by atoms with van der Waals surface area (Å²) >= 11 is 7.56. The van der Waals surface area contributed by atoms with Crippen LogP contribution in [0.2, 0.25) is 5.02 Å². The van der Waals surface area contributed by atoms with E-state index in [9.17, 15) is 4.79 Å². The first kappa shape index (κ1) is 18.3. The monoisotopic (exact) mass is 374 g/mol. The molecule has 2 aromatic carbocycles. The highest BCUT2D eigenvalue weighted by molar-refractivity contribution is 7.99. The first-order chi connectivity index (χ1) is 12.2. The van der Waals surface area contributed by atoms with Gasteiger partial charge in [0, 0.05) is 43.5 Å². The molecule has 0 atom stereocenters. The third kappa shape index (κ3) is 5.77. The minimum absolute atomic E-state index is 0.248. The van der Waals surface area contributed by atoms with Gasteiger partial charge in [-0.2, -0.15) is 0 Å². The fourth-order valence-electron chi connectivity index (χ4n) is 2.93. The maximum Gasteiger partial charge on any atom is 0.232 e. The van der Waals surface area contributed by atoms with Crippen molar-refractivity contribution in [1.29, 1.82) is 0 Å². The maximum atomic E-state index is 12.4. The van der Waals surface area contributed by atoms with Crippen LogP contribution in [-0.4, -0.2) is 47.6 Å². The molecule has 3 nitrogen and oxygen atoms in total. The van der Waals surface area contributed by atoms with E-state index >= 15 is 0 Å². The summed E-state index contributed by atoms with van der Waals surface area (Å²) in [4.78, 5) is 16.8. The second kappa shape index (κ2) is 9.27. The van der Waals surface area contributed by atoms with Crippen molar-refractivity contribution < 1.29 is 4.79 Å². The van der Waals surface area contributed by atoms with Crippen LogP contribution in [0, 0.1) is 0 Å². The van der Waals surface area contributed by atoms with E-state index in [0.29, 0.717) is 5.75 Å². The molecule has 1 saturated heterocycles. The second-order valence-electron chi connectivity index (χ2n) is 6.26. The number of thioether (sulfide) groups is 1. The summed E-state index contributed by atoms with van der Waals surface area (Å²) in [5, 5.41) is 0.748. The lowest BCUT2D eigenvalue weighted by Gasteiger charge is -2.34. The fourth-order valence-corrected chi connectivity index (χ4v) is 3.94. The Balaban J connectivity index is 1.37. The van der Waals surface area contributed by atoms with E-state index in [2.05, 4.69) is 29.2 Å². The van der Waals surface area contributed by atoms with E-state index in [1.54, 1.807) is 11.8 Å². The van der Waals surface area contributed by atoms with Crippen LogP contribution in [0.4, 0.5) is 0 Å². The molecule has 1 fully saturated rings. The van der Waals surface area contributed by atoms with Crippen molar-refractivity contribution in [3.8, 4) is 0 Å². The van der Waals surface area contributed by atoms with Gasteiger partial charge in [0.2, 0.25) is 5.91 Å². The van der Waals surface area contributed by atoms with E-state index in [4.69, 9.17) is 11.6 Å². The molecule has 1 amide bonds. The number of benzene rings is 2. The number of rotatable bonds is 6. The average molecular weight is 375 g/mol. The highest BCUT2D eigenvalue weighted by Gasteiger charge is 2.20. The van der Waals surface area contributed by atoms with Gasteiger partial charge in [0.05, 0.1) is 5.75 Å². The van der Waals surface area contributed by atoms with Crippen molar-refractivity contribution in [1.82, 2.24) is 9.80 Å². The molecule has 0 spiro atoms. The van der Waals surface area contributed by atoms with Gasteiger partial charge in [0.15, 0.2) is 0 Å². The van der Waals surface area contributed by atoms with Gasteiger partial charge < -0.3 is 4.90 Å². The summed E-state index contributed by atoms with van der Waals surface area (Å²) in [5.41, 5.74) is 2.54. The molecule has 1 aliphatic heterocycles. The summed E-state index contributed by atoms with van der Waals surface area (Å²) in [7, 11) is 0. The molecule has 2 aromatic rings. The third-order valence-electron chi connectivity index (χ3n) is 4.38. The molecule has 3 rings (SSSR count). The number of nitrogens with zero attached hydrogens (tertiary/aromatic N) is 2. The lowest BCUT2D eigenvalue weighted by molar-refractivity contribution is -0.130. The molecule has 25 heavy (non-hydrogen) atoms. The van der Waals surface area contributed by atoms with Crippen molar-refractivity contribution in [3.63, 3.8) is 0 Å². The standard InChI is InChI=1S/C20H23ClN2OS/c21-19-8-6-18(7-9-19)15-25-16-20(24)23-12-10-22(11-13-23)14-17-4-2-1-3-5-17/h1-9H,10-16H2. The van der Waals surface area contributed by atoms with E-state index in [1.165, 1.54) is 11.1 Å². The number of amides is 1. The molecular weight excluding hydrogens is 352 g/mol. The van der Waals surface area contributed by atoms with Crippen molar-refractivity contribution in [2.24, 2.45) is 0 Å². The molecule has 5 heteroatoms. The Morgan fingerprint density at radius 2 is 1.60 bits per heavy atom. The molecule has 0 radical (unpaired) electrons. The van der Waals surface area contributed by atoms with Gasteiger partial charge in [-0.05, 0) is 23.3 Å². The Morgan fingerprint density at radius 3 is 2.28 bits per heavy atom. The highest BCUT2D eigenvalue weighted by atomic mass is 35.5. The number of hydrogen-bond acceptors (Lipinski definition) is 3. The highest BCUT2D eigenvalue weighted by Crippen LogP contribution is 2.16. The van der Waals surface area contributed by atoms with E-state index in [-0.39, 0.29) is 5.91 Å². The molecule has 0 N–H and O–H groups in total. The van der Waals surface area contributed by atoms with Crippen molar-refractivity contribution >= 4 is 29.3 Å². The second-order valence-corrected chi connectivity index (χ2v) is 7.68. The van der Waals surface area contributed by atoms with Crippen molar-refractivity contribution in [2.45, 2.75) is 12.3 Å². The number of halogens is 1. The van der Waals surface area contributed by atoms with Crippen molar-refractivity contribution in [2.75, 3.05) is 31.9 Å². The van der Waals surface area contributed by atoms with Crippen LogP contribution in [0.25, 0.3) is 0 Å². The molecule has 1 heterocycles. The maximum absolute atomic E-state index is 12.4. The SMILES string of the molecule is O=C(CSCc1ccc(Cl)cc1)N1CCN(Cc2ccccc2)CC1. The first-order valence-corrected chi connectivity index (χ1v) is 10.1. The quantitative estimate of drug-likeness (QED) is 0.765. The topological polar surface area (TPSA) is 23.6 Å². The third-order valence-corrected chi connectivity index (χ3v) is 5.62. The van der Waals surface area contributed by atoms with E-state index in [0.717, 1.165) is 43.5 Å². The fraction of sp³-hybridized carbons (Fsp3) is 0.350. The zero-order chi connectivity index (χ0) is 17.5. The van der Waals surface area contributed by atoms with Crippen LogP contribution in [-0.2, 0) is 17.1 Å². The predicted octanol–water partition coefficient (Wildman–Crippen LogP) is 3.92. The summed E-state index contributed by atoms with van der Waals surface area (Å²) < 4.78 is 0. The lowest BCUT2D eigenvalue weighted by atomic mass is 10.2. The molecule has 0 bridgehead atoms. The molecular formula is C20H23ClN2OS. The molecule has 0 aromatic heterocycles. The Hall–Kier alpha value is -1.49. The molecule has 0 aliphatic carbocycles. The van der Waals surface area contributed by atoms with Gasteiger partial charge in [0.25, 0.3) is 0 Å². The van der Waals surface area contributed by atoms with Gasteiger partial charge in [-0.1, -0.05) is 54.1 Å². The van der Waals surface area contributed by atoms with E-state index < -0.39 is 0 Å². The number of hydrogen-bond donors (Lipinski definition) is 0. The smallest absolute Gasteiger partial charge is 0.232 e. The molecule has 0 saturated carbocycles. The van der Waals surface area contributed by atoms with Crippen LogP contribution in [0.1, 0.15) is 11.1 Å². The van der Waals surface area contributed by atoms with Crippen LogP contribution in [0.3, 0.4) is 0 Å². The summed E-state index contributed by atoms with van der Waals surface area (Å²) in [6.45, 7) is 4.51. The Morgan fingerprint density at radius 1 is 0.920 bits per heavy atom. The summed E-state index contributed by atoms with van der Waals surface area (Å²) in [6.07, 6.45) is 0. The summed E-state index contributed by atoms with van der Waals surface area (Å²) in [5.74, 6) is 1.64. The van der Waals surface area contributed by atoms with Gasteiger partial charge in [0.1, 0.15) is 0 Å². The Bertz CT molecular complexity index is 670. The first-order valence-electron chi connectivity index (χ1n) is 8.57. The lowest BCUT2D eigenvalue weighted by Crippen LogP contribution is -2.48.